The number of aliphatic hydroxyl groups is 3. The summed E-state index contributed by atoms with van der Waals surface area (Å²) in [6, 6.07) is 0. The van der Waals surface area contributed by atoms with Gasteiger partial charge >= 0.3 is 0 Å². The first-order chi connectivity index (χ1) is 8.72. The van der Waals surface area contributed by atoms with Crippen LogP contribution in [0.5, 0.6) is 0 Å². The molecule has 0 aromatic heterocycles. The van der Waals surface area contributed by atoms with Crippen molar-refractivity contribution in [2.24, 2.45) is 0 Å². The van der Waals surface area contributed by atoms with Gasteiger partial charge < -0.3 is 15.3 Å². The third-order valence-corrected chi connectivity index (χ3v) is 2.77. The lowest BCUT2D eigenvalue weighted by molar-refractivity contribution is 0.0165. The molecule has 18 heavy (non-hydrogen) atoms. The van der Waals surface area contributed by atoms with Crippen LogP contribution in [-0.4, -0.2) is 34.1 Å². The van der Waals surface area contributed by atoms with Crippen molar-refractivity contribution < 1.29 is 15.3 Å². The zero-order valence-electron chi connectivity index (χ0n) is 11.3. The fourth-order valence-corrected chi connectivity index (χ4v) is 1.62. The monoisotopic (exact) mass is 254 g/mol. The summed E-state index contributed by atoms with van der Waals surface area (Å²) in [4.78, 5) is 0. The number of unbranched alkanes of at least 4 members (excludes halogenated alkanes) is 4. The van der Waals surface area contributed by atoms with E-state index in [9.17, 15) is 10.2 Å². The van der Waals surface area contributed by atoms with E-state index < -0.39 is 12.2 Å². The highest BCUT2D eigenvalue weighted by atomic mass is 16.3. The molecular weight excluding hydrogens is 228 g/mol. The molecule has 0 bridgehead atoms. The summed E-state index contributed by atoms with van der Waals surface area (Å²) in [5.74, 6) is 5.45. The molecule has 0 rings (SSSR count). The SMILES string of the molecule is CCCCCCC[C@@H](O)[C@H](O)CC#C/C=C/CO. The van der Waals surface area contributed by atoms with Crippen molar-refractivity contribution in [3.63, 3.8) is 0 Å². The van der Waals surface area contributed by atoms with Gasteiger partial charge in [0.2, 0.25) is 0 Å². The van der Waals surface area contributed by atoms with Gasteiger partial charge in [-0.2, -0.15) is 0 Å². The van der Waals surface area contributed by atoms with Gasteiger partial charge in [0.25, 0.3) is 0 Å². The van der Waals surface area contributed by atoms with Gasteiger partial charge in [0.1, 0.15) is 0 Å². The lowest BCUT2D eigenvalue weighted by Crippen LogP contribution is -2.25. The molecule has 0 aliphatic rings. The van der Waals surface area contributed by atoms with E-state index in [-0.39, 0.29) is 13.0 Å². The molecule has 3 heteroatoms. The number of aliphatic hydroxyl groups excluding tert-OH is 3. The molecule has 0 spiro atoms. The molecule has 104 valence electrons. The van der Waals surface area contributed by atoms with Crippen LogP contribution >= 0.6 is 0 Å². The van der Waals surface area contributed by atoms with Crippen LogP contribution in [-0.2, 0) is 0 Å². The number of hydrogen-bond acceptors (Lipinski definition) is 3. The Morgan fingerprint density at radius 1 is 1.06 bits per heavy atom. The van der Waals surface area contributed by atoms with E-state index in [1.807, 2.05) is 0 Å². The second kappa shape index (κ2) is 12.6. The Bertz CT molecular complexity index is 263. The van der Waals surface area contributed by atoms with Crippen LogP contribution < -0.4 is 0 Å². The molecule has 3 nitrogen and oxygen atoms in total. The molecule has 0 saturated carbocycles. The standard InChI is InChI=1S/C15H26O3/c1-2-3-4-5-8-11-14(17)15(18)12-9-6-7-10-13-16/h7,10,14-18H,2-5,8,11-13H2,1H3/b10-7+/t14-,15-/m1/s1. The van der Waals surface area contributed by atoms with E-state index in [1.165, 1.54) is 25.3 Å². The van der Waals surface area contributed by atoms with Gasteiger partial charge in [-0.05, 0) is 12.5 Å². The smallest absolute Gasteiger partial charge is 0.0908 e. The van der Waals surface area contributed by atoms with Crippen LogP contribution in [0, 0.1) is 11.8 Å². The van der Waals surface area contributed by atoms with Crippen LogP contribution in [0.3, 0.4) is 0 Å². The molecule has 0 fully saturated rings. The minimum absolute atomic E-state index is 0.0301. The Hall–Kier alpha value is -0.820. The lowest BCUT2D eigenvalue weighted by atomic mass is 10.0. The maximum Gasteiger partial charge on any atom is 0.0908 e. The maximum atomic E-state index is 9.70. The summed E-state index contributed by atoms with van der Waals surface area (Å²) < 4.78 is 0. The van der Waals surface area contributed by atoms with E-state index in [4.69, 9.17) is 5.11 Å². The third kappa shape index (κ3) is 10.3. The minimum Gasteiger partial charge on any atom is -0.392 e. The van der Waals surface area contributed by atoms with Gasteiger partial charge in [-0.3, -0.25) is 0 Å². The largest absolute Gasteiger partial charge is 0.392 e. The molecule has 0 aliphatic carbocycles. The van der Waals surface area contributed by atoms with Crippen LogP contribution in [0.2, 0.25) is 0 Å². The Kier molecular flexibility index (Phi) is 12.1. The van der Waals surface area contributed by atoms with Gasteiger partial charge in [-0.1, -0.05) is 56.9 Å². The van der Waals surface area contributed by atoms with Gasteiger partial charge in [0, 0.05) is 6.42 Å². The Balaban J connectivity index is 3.64. The first-order valence-corrected chi connectivity index (χ1v) is 6.82. The lowest BCUT2D eigenvalue weighted by Gasteiger charge is -2.15. The summed E-state index contributed by atoms with van der Waals surface area (Å²) in [6.07, 6.45) is 8.25. The second-order valence-electron chi connectivity index (χ2n) is 4.45. The van der Waals surface area contributed by atoms with Crippen LogP contribution in [0.25, 0.3) is 0 Å². The average molecular weight is 254 g/mol. The van der Waals surface area contributed by atoms with Crippen molar-refractivity contribution in [3.8, 4) is 11.8 Å². The van der Waals surface area contributed by atoms with Crippen molar-refractivity contribution in [2.75, 3.05) is 6.61 Å². The minimum atomic E-state index is -0.772. The molecule has 0 aromatic rings. The van der Waals surface area contributed by atoms with Crippen molar-refractivity contribution in [3.05, 3.63) is 12.2 Å². The van der Waals surface area contributed by atoms with Crippen LogP contribution in [0.1, 0.15) is 51.9 Å². The van der Waals surface area contributed by atoms with Crippen LogP contribution in [0.15, 0.2) is 12.2 Å². The fourth-order valence-electron chi connectivity index (χ4n) is 1.62. The van der Waals surface area contributed by atoms with E-state index in [0.29, 0.717) is 6.42 Å². The molecule has 2 atom stereocenters. The van der Waals surface area contributed by atoms with Crippen LogP contribution in [0.4, 0.5) is 0 Å². The molecular formula is C15H26O3. The molecule has 3 N–H and O–H groups in total. The Labute approximate surface area is 111 Å². The Morgan fingerprint density at radius 2 is 1.78 bits per heavy atom. The predicted octanol–water partition coefficient (Wildman–Crippen LogP) is 2.01. The summed E-state index contributed by atoms with van der Waals surface area (Å²) in [6.45, 7) is 2.14. The zero-order chi connectivity index (χ0) is 13.6. The summed E-state index contributed by atoms with van der Waals surface area (Å²) >= 11 is 0. The van der Waals surface area contributed by atoms with E-state index in [1.54, 1.807) is 6.08 Å². The highest BCUT2D eigenvalue weighted by Crippen LogP contribution is 2.10. The first-order valence-electron chi connectivity index (χ1n) is 6.82. The third-order valence-electron chi connectivity index (χ3n) is 2.77. The topological polar surface area (TPSA) is 60.7 Å². The fraction of sp³-hybridized carbons (Fsp3) is 0.733. The number of rotatable bonds is 9. The summed E-state index contributed by atoms with van der Waals surface area (Å²) in [7, 11) is 0. The molecule has 0 unspecified atom stereocenters. The quantitative estimate of drug-likeness (QED) is 0.436. The van der Waals surface area contributed by atoms with Crippen molar-refractivity contribution in [2.45, 2.75) is 64.1 Å². The Morgan fingerprint density at radius 3 is 2.44 bits per heavy atom. The summed E-state index contributed by atoms with van der Waals surface area (Å²) in [5.41, 5.74) is 0. The zero-order valence-corrected chi connectivity index (χ0v) is 11.3. The van der Waals surface area contributed by atoms with Gasteiger partial charge in [0.05, 0.1) is 18.8 Å². The van der Waals surface area contributed by atoms with Crippen molar-refractivity contribution in [1.29, 1.82) is 0 Å². The van der Waals surface area contributed by atoms with E-state index in [0.717, 1.165) is 12.8 Å². The molecule has 0 heterocycles. The molecule has 0 aliphatic heterocycles. The van der Waals surface area contributed by atoms with Crippen molar-refractivity contribution in [1.82, 2.24) is 0 Å². The molecule has 0 saturated heterocycles. The van der Waals surface area contributed by atoms with E-state index >= 15 is 0 Å². The second-order valence-corrected chi connectivity index (χ2v) is 4.45. The van der Waals surface area contributed by atoms with E-state index in [2.05, 4.69) is 18.8 Å². The highest BCUT2D eigenvalue weighted by Gasteiger charge is 2.14. The average Bonchev–Trinajstić information content (AvgIpc) is 2.37. The molecule has 0 aromatic carbocycles. The van der Waals surface area contributed by atoms with Gasteiger partial charge in [-0.15, -0.1) is 0 Å². The number of allylic oxidation sites excluding steroid dienone is 1. The highest BCUT2D eigenvalue weighted by molar-refractivity contribution is 5.15. The normalized spacial score (nSPS) is 14.2. The first kappa shape index (κ1) is 17.2. The summed E-state index contributed by atoms with van der Waals surface area (Å²) in [5, 5.41) is 27.8. The predicted molar refractivity (Wildman–Crippen MR) is 74.0 cm³/mol. The maximum absolute atomic E-state index is 9.70. The van der Waals surface area contributed by atoms with Gasteiger partial charge in [0.15, 0.2) is 0 Å². The van der Waals surface area contributed by atoms with Crippen molar-refractivity contribution >= 4 is 0 Å². The van der Waals surface area contributed by atoms with Gasteiger partial charge in [-0.25, -0.2) is 0 Å². The molecule has 0 radical (unpaired) electrons. The number of hydrogen-bond donors (Lipinski definition) is 3. The molecule has 0 amide bonds.